The number of nitro groups is 1. The molecule has 2 unspecified atom stereocenters. The number of nitro benzene ring substituents is 1. The zero-order valence-electron chi connectivity index (χ0n) is 17.9. The molecular weight excluding hydrogens is 476 g/mol. The molecule has 0 radical (unpaired) electrons. The first-order chi connectivity index (χ1) is 15.0. The average molecular weight is 499 g/mol. The van der Waals surface area contributed by atoms with Crippen molar-refractivity contribution in [3.8, 4) is 0 Å². The Morgan fingerprint density at radius 3 is 2.22 bits per heavy atom. The smallest absolute Gasteiger partial charge is 0.269 e. The molecule has 2 aliphatic carbocycles. The van der Waals surface area contributed by atoms with Crippen LogP contribution in [0.2, 0.25) is 0 Å². The SMILES string of the molecule is CC12CCC(C(=O)Nc3ccc(Br)cc3)(C(=O)C1=NNc1ccc([N+](=O)[O-])cc1)C2(C)C. The molecule has 0 aliphatic heterocycles. The first-order valence-electron chi connectivity index (χ1n) is 10.2. The maximum absolute atomic E-state index is 13.6. The largest absolute Gasteiger partial charge is 0.325 e. The van der Waals surface area contributed by atoms with Gasteiger partial charge in [-0.05, 0) is 54.7 Å². The highest BCUT2D eigenvalue weighted by molar-refractivity contribution is 9.10. The molecule has 2 aliphatic rings. The van der Waals surface area contributed by atoms with Gasteiger partial charge in [0.05, 0.1) is 10.6 Å². The van der Waals surface area contributed by atoms with Gasteiger partial charge in [-0.25, -0.2) is 0 Å². The number of fused-ring (bicyclic) bond motifs is 2. The van der Waals surface area contributed by atoms with Gasteiger partial charge in [-0.1, -0.05) is 36.7 Å². The number of hydrogen-bond acceptors (Lipinski definition) is 6. The summed E-state index contributed by atoms with van der Waals surface area (Å²) in [5.41, 5.74) is 1.84. The number of rotatable bonds is 5. The Morgan fingerprint density at radius 2 is 1.62 bits per heavy atom. The van der Waals surface area contributed by atoms with E-state index in [-0.39, 0.29) is 17.4 Å². The number of hydrogen-bond donors (Lipinski definition) is 2. The highest BCUT2D eigenvalue weighted by atomic mass is 79.9. The van der Waals surface area contributed by atoms with E-state index in [4.69, 9.17) is 0 Å². The molecule has 2 atom stereocenters. The van der Waals surface area contributed by atoms with Crippen LogP contribution in [0.25, 0.3) is 0 Å². The molecule has 2 saturated carbocycles. The number of Topliss-reactive ketones (excluding diaryl/α,β-unsaturated/α-hetero) is 1. The number of amides is 1. The van der Waals surface area contributed by atoms with Crippen LogP contribution in [-0.2, 0) is 9.59 Å². The lowest BCUT2D eigenvalue weighted by molar-refractivity contribution is -0.384. The molecule has 4 rings (SSSR count). The maximum Gasteiger partial charge on any atom is 0.269 e. The third-order valence-corrected chi connectivity index (χ3v) is 7.97. The highest BCUT2D eigenvalue weighted by Crippen LogP contribution is 2.69. The van der Waals surface area contributed by atoms with Crippen molar-refractivity contribution in [2.24, 2.45) is 21.3 Å². The van der Waals surface area contributed by atoms with E-state index in [0.29, 0.717) is 29.9 Å². The van der Waals surface area contributed by atoms with E-state index < -0.39 is 21.2 Å². The first kappa shape index (κ1) is 22.1. The van der Waals surface area contributed by atoms with E-state index in [0.717, 1.165) is 4.47 Å². The van der Waals surface area contributed by atoms with Crippen LogP contribution in [0.1, 0.15) is 33.6 Å². The fraction of sp³-hybridized carbons (Fsp3) is 0.348. The molecule has 2 fully saturated rings. The Hall–Kier alpha value is -3.07. The van der Waals surface area contributed by atoms with Gasteiger partial charge < -0.3 is 5.32 Å². The van der Waals surface area contributed by atoms with Crippen molar-refractivity contribution >= 4 is 50.4 Å². The molecule has 0 saturated heterocycles. The van der Waals surface area contributed by atoms with E-state index in [1.807, 2.05) is 32.9 Å². The summed E-state index contributed by atoms with van der Waals surface area (Å²) in [5.74, 6) is -0.598. The molecule has 8 nitrogen and oxygen atoms in total. The first-order valence-corrected chi connectivity index (χ1v) is 11.0. The molecule has 0 aromatic heterocycles. The van der Waals surface area contributed by atoms with Crippen molar-refractivity contribution in [3.05, 3.63) is 63.1 Å². The van der Waals surface area contributed by atoms with E-state index in [1.54, 1.807) is 12.1 Å². The third-order valence-electron chi connectivity index (χ3n) is 7.44. The van der Waals surface area contributed by atoms with Crippen molar-refractivity contribution in [1.29, 1.82) is 0 Å². The van der Waals surface area contributed by atoms with Gasteiger partial charge in [0, 0.05) is 27.7 Å². The van der Waals surface area contributed by atoms with Crippen LogP contribution in [0.3, 0.4) is 0 Å². The van der Waals surface area contributed by atoms with Crippen LogP contribution in [0.15, 0.2) is 58.1 Å². The fourth-order valence-electron chi connectivity index (χ4n) is 5.02. The van der Waals surface area contributed by atoms with Crippen molar-refractivity contribution < 1.29 is 14.5 Å². The second-order valence-corrected chi connectivity index (χ2v) is 9.94. The minimum absolute atomic E-state index is 0.0316. The fourth-order valence-corrected chi connectivity index (χ4v) is 5.29. The summed E-state index contributed by atoms with van der Waals surface area (Å²) in [4.78, 5) is 37.5. The predicted octanol–water partition coefficient (Wildman–Crippen LogP) is 5.16. The zero-order valence-corrected chi connectivity index (χ0v) is 19.5. The van der Waals surface area contributed by atoms with E-state index >= 15 is 0 Å². The standard InChI is InChI=1S/C23H23BrN4O4/c1-21(2)22(3)12-13-23(21,20(30)25-15-6-4-14(24)5-7-15)19(29)18(22)27-26-16-8-10-17(11-9-16)28(31)32/h4-11,26H,12-13H2,1-3H3,(H,25,30). The summed E-state index contributed by atoms with van der Waals surface area (Å²) in [7, 11) is 0. The van der Waals surface area contributed by atoms with Crippen molar-refractivity contribution in [2.45, 2.75) is 33.6 Å². The molecule has 166 valence electrons. The lowest BCUT2D eigenvalue weighted by Gasteiger charge is -2.37. The number of carbonyl (C=O) groups is 2. The second kappa shape index (κ2) is 7.51. The topological polar surface area (TPSA) is 114 Å². The number of anilines is 2. The number of benzene rings is 2. The van der Waals surface area contributed by atoms with Gasteiger partial charge >= 0.3 is 0 Å². The van der Waals surface area contributed by atoms with Crippen LogP contribution in [0, 0.1) is 26.4 Å². The summed E-state index contributed by atoms with van der Waals surface area (Å²) < 4.78 is 0.895. The minimum atomic E-state index is -1.22. The lowest BCUT2D eigenvalue weighted by atomic mass is 9.64. The molecule has 0 heterocycles. The van der Waals surface area contributed by atoms with Crippen LogP contribution >= 0.6 is 15.9 Å². The number of ketones is 1. The number of hydrazone groups is 1. The molecule has 2 aromatic carbocycles. The van der Waals surface area contributed by atoms with Gasteiger partial charge in [0.2, 0.25) is 5.91 Å². The quantitative estimate of drug-likeness (QED) is 0.335. The molecule has 9 heteroatoms. The third kappa shape index (κ3) is 3.06. The van der Waals surface area contributed by atoms with Gasteiger partial charge in [-0.3, -0.25) is 25.1 Å². The van der Waals surface area contributed by atoms with Gasteiger partial charge in [-0.15, -0.1) is 0 Å². The maximum atomic E-state index is 13.6. The molecule has 0 spiro atoms. The molecule has 2 bridgehead atoms. The highest BCUT2D eigenvalue weighted by Gasteiger charge is 2.76. The second-order valence-electron chi connectivity index (χ2n) is 9.03. The van der Waals surface area contributed by atoms with Gasteiger partial charge in [0.25, 0.3) is 5.69 Å². The van der Waals surface area contributed by atoms with Gasteiger partial charge in [-0.2, -0.15) is 5.10 Å². The van der Waals surface area contributed by atoms with Crippen LogP contribution < -0.4 is 10.7 Å². The molecule has 2 N–H and O–H groups in total. The Balaban J connectivity index is 1.64. The Labute approximate surface area is 193 Å². The Morgan fingerprint density at radius 1 is 1.03 bits per heavy atom. The van der Waals surface area contributed by atoms with Crippen molar-refractivity contribution in [1.82, 2.24) is 0 Å². The lowest BCUT2D eigenvalue weighted by Crippen LogP contribution is -2.47. The molecule has 1 amide bonds. The summed E-state index contributed by atoms with van der Waals surface area (Å²) >= 11 is 3.38. The van der Waals surface area contributed by atoms with Crippen molar-refractivity contribution in [3.63, 3.8) is 0 Å². The summed E-state index contributed by atoms with van der Waals surface area (Å²) in [6, 6.07) is 13.0. The van der Waals surface area contributed by atoms with Crippen molar-refractivity contribution in [2.75, 3.05) is 10.7 Å². The Bertz CT molecular complexity index is 1140. The summed E-state index contributed by atoms with van der Waals surface area (Å²) in [6.45, 7) is 5.88. The normalized spacial score (nSPS) is 26.9. The summed E-state index contributed by atoms with van der Waals surface area (Å²) in [6.07, 6.45) is 1.11. The predicted molar refractivity (Wildman–Crippen MR) is 125 cm³/mol. The van der Waals surface area contributed by atoms with E-state index in [1.165, 1.54) is 24.3 Å². The summed E-state index contributed by atoms with van der Waals surface area (Å²) in [5, 5.41) is 18.2. The van der Waals surface area contributed by atoms with Crippen LogP contribution in [0.5, 0.6) is 0 Å². The average Bonchev–Trinajstić information content (AvgIpc) is 3.03. The van der Waals surface area contributed by atoms with Crippen LogP contribution in [0.4, 0.5) is 17.1 Å². The van der Waals surface area contributed by atoms with Gasteiger partial charge in [0.15, 0.2) is 5.78 Å². The number of non-ortho nitro benzene ring substituents is 1. The zero-order chi connectivity index (χ0) is 23.3. The van der Waals surface area contributed by atoms with Crippen LogP contribution in [-0.4, -0.2) is 22.3 Å². The number of halogens is 1. The Kier molecular flexibility index (Phi) is 5.20. The van der Waals surface area contributed by atoms with E-state index in [9.17, 15) is 19.7 Å². The molecule has 2 aromatic rings. The molecule has 32 heavy (non-hydrogen) atoms. The van der Waals surface area contributed by atoms with E-state index in [2.05, 4.69) is 31.8 Å². The number of carbonyl (C=O) groups excluding carboxylic acids is 2. The minimum Gasteiger partial charge on any atom is -0.325 e. The molecular formula is C23H23BrN4O4. The monoisotopic (exact) mass is 498 g/mol. The number of nitrogens with zero attached hydrogens (tertiary/aromatic N) is 2. The number of nitrogens with one attached hydrogen (secondary N) is 2. The van der Waals surface area contributed by atoms with Gasteiger partial charge in [0.1, 0.15) is 11.1 Å².